The molecular weight excluding hydrogens is 338 g/mol. The van der Waals surface area contributed by atoms with E-state index in [9.17, 15) is 4.79 Å². The third-order valence-electron chi connectivity index (χ3n) is 4.50. The van der Waals surface area contributed by atoms with Crippen LogP contribution in [0.25, 0.3) is 0 Å². The van der Waals surface area contributed by atoms with Crippen LogP contribution in [0.3, 0.4) is 0 Å². The predicted octanol–water partition coefficient (Wildman–Crippen LogP) is 1.35. The van der Waals surface area contributed by atoms with Crippen molar-refractivity contribution in [2.24, 2.45) is 5.41 Å². The second kappa shape index (κ2) is 7.55. The molecule has 0 saturated carbocycles. The highest BCUT2D eigenvalue weighted by atomic mass is 16.5. The molecule has 1 aliphatic heterocycles. The van der Waals surface area contributed by atoms with Crippen molar-refractivity contribution in [3.8, 4) is 0 Å². The molecule has 1 saturated heterocycles. The molecule has 1 aliphatic rings. The lowest BCUT2D eigenvalue weighted by Crippen LogP contribution is -2.59. The molecule has 26 heavy (non-hydrogen) atoms. The molecule has 1 atom stereocenters. The number of hydrogen-bond donors (Lipinski definition) is 0. The first kappa shape index (κ1) is 18.5. The first-order valence-corrected chi connectivity index (χ1v) is 8.59. The van der Waals surface area contributed by atoms with Crippen LogP contribution in [0.5, 0.6) is 0 Å². The number of nitrogens with zero attached hydrogens (tertiary/aromatic N) is 5. The minimum Gasteiger partial charge on any atom is -0.383 e. The molecule has 1 unspecified atom stereocenters. The lowest BCUT2D eigenvalue weighted by atomic mass is 9.74. The summed E-state index contributed by atoms with van der Waals surface area (Å²) in [7, 11) is 1.67. The SMILES string of the molecule is COCCn1ccnc1C1N(C(=O)COCc2nc(C)no2)CC1(C)C. The number of hydrogen-bond acceptors (Lipinski definition) is 7. The molecule has 1 fully saturated rings. The van der Waals surface area contributed by atoms with Crippen molar-refractivity contribution in [2.45, 2.75) is 40.0 Å². The molecule has 1 amide bonds. The third-order valence-corrected chi connectivity index (χ3v) is 4.50. The largest absolute Gasteiger partial charge is 0.383 e. The maximum Gasteiger partial charge on any atom is 0.252 e. The van der Waals surface area contributed by atoms with Gasteiger partial charge in [-0.2, -0.15) is 4.98 Å². The Kier molecular flexibility index (Phi) is 5.38. The number of carbonyl (C=O) groups excluding carboxylic acids is 1. The van der Waals surface area contributed by atoms with E-state index >= 15 is 0 Å². The Labute approximate surface area is 152 Å². The second-order valence-corrected chi connectivity index (χ2v) is 7.11. The smallest absolute Gasteiger partial charge is 0.252 e. The molecule has 142 valence electrons. The molecule has 0 radical (unpaired) electrons. The fraction of sp³-hybridized carbons (Fsp3) is 0.647. The Bertz CT molecular complexity index is 754. The highest BCUT2D eigenvalue weighted by molar-refractivity contribution is 5.79. The van der Waals surface area contributed by atoms with E-state index in [2.05, 4.69) is 29.0 Å². The van der Waals surface area contributed by atoms with E-state index in [1.807, 2.05) is 15.7 Å². The summed E-state index contributed by atoms with van der Waals surface area (Å²) in [5, 5.41) is 3.69. The van der Waals surface area contributed by atoms with Crippen molar-refractivity contribution in [3.63, 3.8) is 0 Å². The van der Waals surface area contributed by atoms with Crippen molar-refractivity contribution in [3.05, 3.63) is 29.9 Å². The van der Waals surface area contributed by atoms with Gasteiger partial charge in [0.1, 0.15) is 19.0 Å². The molecule has 3 rings (SSSR count). The van der Waals surface area contributed by atoms with E-state index in [1.54, 1.807) is 20.2 Å². The van der Waals surface area contributed by atoms with Crippen LogP contribution in [0.4, 0.5) is 0 Å². The quantitative estimate of drug-likeness (QED) is 0.698. The van der Waals surface area contributed by atoms with Crippen LogP contribution in [-0.2, 0) is 27.4 Å². The maximum atomic E-state index is 12.6. The van der Waals surface area contributed by atoms with E-state index in [-0.39, 0.29) is 30.6 Å². The average Bonchev–Trinajstić information content (AvgIpc) is 3.20. The average molecular weight is 363 g/mol. The first-order valence-electron chi connectivity index (χ1n) is 8.59. The molecule has 0 spiro atoms. The molecule has 3 heterocycles. The van der Waals surface area contributed by atoms with Gasteiger partial charge in [-0.05, 0) is 6.92 Å². The summed E-state index contributed by atoms with van der Waals surface area (Å²) in [5.41, 5.74) is -0.0462. The van der Waals surface area contributed by atoms with Gasteiger partial charge in [0, 0.05) is 38.0 Å². The highest BCUT2D eigenvalue weighted by Gasteiger charge is 2.50. The number of likely N-dealkylation sites (tertiary alicyclic amines) is 1. The molecular formula is C17H25N5O4. The van der Waals surface area contributed by atoms with Crippen LogP contribution in [-0.4, -0.2) is 57.4 Å². The van der Waals surface area contributed by atoms with Crippen molar-refractivity contribution in [2.75, 3.05) is 26.9 Å². The molecule has 2 aromatic rings. The van der Waals surface area contributed by atoms with Gasteiger partial charge in [-0.3, -0.25) is 4.79 Å². The summed E-state index contributed by atoms with van der Waals surface area (Å²) in [5.74, 6) is 1.71. The van der Waals surface area contributed by atoms with Gasteiger partial charge in [0.15, 0.2) is 5.82 Å². The lowest BCUT2D eigenvalue weighted by molar-refractivity contribution is -0.158. The number of aryl methyl sites for hydroxylation is 1. The van der Waals surface area contributed by atoms with E-state index in [0.717, 1.165) is 5.82 Å². The van der Waals surface area contributed by atoms with Gasteiger partial charge in [-0.25, -0.2) is 4.98 Å². The van der Waals surface area contributed by atoms with Crippen LogP contribution in [0.1, 0.15) is 37.4 Å². The monoisotopic (exact) mass is 363 g/mol. The number of imidazole rings is 1. The van der Waals surface area contributed by atoms with Crippen LogP contribution < -0.4 is 0 Å². The standard InChI is InChI=1S/C17H25N5O4/c1-12-19-13(26-20-12)9-25-10-14(23)22-11-17(2,3)15(22)16-18-5-6-21(16)7-8-24-4/h5-6,15H,7-11H2,1-4H3. The summed E-state index contributed by atoms with van der Waals surface area (Å²) in [6, 6.07) is -0.0869. The minimum absolute atomic E-state index is 0.0349. The topological polar surface area (TPSA) is 95.5 Å². The summed E-state index contributed by atoms with van der Waals surface area (Å²) in [4.78, 5) is 23.0. The third kappa shape index (κ3) is 3.78. The van der Waals surface area contributed by atoms with Gasteiger partial charge < -0.3 is 23.5 Å². The number of aromatic nitrogens is 4. The fourth-order valence-electron chi connectivity index (χ4n) is 3.30. The number of carbonyl (C=O) groups is 1. The zero-order valence-electron chi connectivity index (χ0n) is 15.6. The van der Waals surface area contributed by atoms with Gasteiger partial charge in [0.2, 0.25) is 5.91 Å². The Hall–Kier alpha value is -2.26. The van der Waals surface area contributed by atoms with Gasteiger partial charge >= 0.3 is 0 Å². The highest BCUT2D eigenvalue weighted by Crippen LogP contribution is 2.47. The van der Waals surface area contributed by atoms with E-state index in [0.29, 0.717) is 31.4 Å². The van der Waals surface area contributed by atoms with Crippen molar-refractivity contribution < 1.29 is 18.8 Å². The summed E-state index contributed by atoms with van der Waals surface area (Å²) in [6.07, 6.45) is 3.68. The van der Waals surface area contributed by atoms with Crippen molar-refractivity contribution in [1.82, 2.24) is 24.6 Å². The summed E-state index contributed by atoms with van der Waals surface area (Å²) in [6.45, 7) is 8.05. The molecule has 0 bridgehead atoms. The van der Waals surface area contributed by atoms with Crippen LogP contribution in [0.15, 0.2) is 16.9 Å². The van der Waals surface area contributed by atoms with Crippen LogP contribution in [0, 0.1) is 12.3 Å². The first-order chi connectivity index (χ1) is 12.4. The fourth-order valence-corrected chi connectivity index (χ4v) is 3.30. The van der Waals surface area contributed by atoms with Crippen molar-refractivity contribution >= 4 is 5.91 Å². The lowest BCUT2D eigenvalue weighted by Gasteiger charge is -2.53. The molecule has 0 N–H and O–H groups in total. The van der Waals surface area contributed by atoms with Crippen molar-refractivity contribution in [1.29, 1.82) is 0 Å². The molecule has 2 aromatic heterocycles. The maximum absolute atomic E-state index is 12.6. The van der Waals surface area contributed by atoms with Crippen LogP contribution >= 0.6 is 0 Å². The molecule has 0 aliphatic carbocycles. The summed E-state index contributed by atoms with van der Waals surface area (Å²) < 4.78 is 17.6. The molecule has 9 nitrogen and oxygen atoms in total. The Morgan fingerprint density at radius 2 is 2.27 bits per heavy atom. The number of rotatable bonds is 8. The van der Waals surface area contributed by atoms with E-state index in [4.69, 9.17) is 14.0 Å². The second-order valence-electron chi connectivity index (χ2n) is 7.11. The van der Waals surface area contributed by atoms with E-state index < -0.39 is 0 Å². The zero-order chi connectivity index (χ0) is 18.7. The summed E-state index contributed by atoms with van der Waals surface area (Å²) >= 11 is 0. The van der Waals surface area contributed by atoms with Crippen LogP contribution in [0.2, 0.25) is 0 Å². The van der Waals surface area contributed by atoms with Gasteiger partial charge in [-0.15, -0.1) is 0 Å². The predicted molar refractivity (Wildman–Crippen MR) is 91.0 cm³/mol. The Morgan fingerprint density at radius 3 is 2.92 bits per heavy atom. The van der Waals surface area contributed by atoms with Gasteiger partial charge in [-0.1, -0.05) is 19.0 Å². The molecule has 9 heteroatoms. The van der Waals surface area contributed by atoms with Gasteiger partial charge in [0.25, 0.3) is 5.89 Å². The Balaban J connectivity index is 1.62. The number of ether oxygens (including phenoxy) is 2. The van der Waals surface area contributed by atoms with Gasteiger partial charge in [0.05, 0.1) is 12.6 Å². The number of methoxy groups -OCH3 is 1. The zero-order valence-corrected chi connectivity index (χ0v) is 15.6. The normalized spacial score (nSPS) is 18.8. The Morgan fingerprint density at radius 1 is 1.46 bits per heavy atom. The van der Waals surface area contributed by atoms with E-state index in [1.165, 1.54) is 0 Å². The molecule has 0 aromatic carbocycles. The minimum atomic E-state index is -0.0869. The number of amides is 1.